The Labute approximate surface area is 122 Å². The van der Waals surface area contributed by atoms with Gasteiger partial charge >= 0.3 is 0 Å². The van der Waals surface area contributed by atoms with Crippen LogP contribution in [0.3, 0.4) is 0 Å². The van der Waals surface area contributed by atoms with Gasteiger partial charge in [-0.25, -0.2) is 4.98 Å². The van der Waals surface area contributed by atoms with E-state index in [4.69, 9.17) is 4.74 Å². The lowest BCUT2D eigenvalue weighted by molar-refractivity contribution is -0.135. The Morgan fingerprint density at radius 1 is 1.40 bits per heavy atom. The number of nitrogens with zero attached hydrogens (tertiary/aromatic N) is 3. The molecule has 0 aliphatic rings. The van der Waals surface area contributed by atoms with Gasteiger partial charge in [-0.3, -0.25) is 9.78 Å². The monoisotopic (exact) mass is 291 g/mol. The molecular formula is C14H17N3O2S. The Hall–Kier alpha value is -1.79. The molecule has 2 rings (SSSR count). The van der Waals surface area contributed by atoms with Crippen LogP contribution in [-0.2, 0) is 22.5 Å². The van der Waals surface area contributed by atoms with Gasteiger partial charge in [0.2, 0.25) is 5.91 Å². The van der Waals surface area contributed by atoms with Gasteiger partial charge in [0.25, 0.3) is 0 Å². The molecule has 5 nitrogen and oxygen atoms in total. The summed E-state index contributed by atoms with van der Waals surface area (Å²) in [4.78, 5) is 22.1. The number of amides is 1. The van der Waals surface area contributed by atoms with E-state index in [1.807, 2.05) is 17.5 Å². The summed E-state index contributed by atoms with van der Waals surface area (Å²) in [5, 5.41) is 2.01. The molecule has 0 fully saturated rings. The summed E-state index contributed by atoms with van der Waals surface area (Å²) in [5.41, 5.74) is 3.88. The van der Waals surface area contributed by atoms with Gasteiger partial charge in [0.15, 0.2) is 0 Å². The predicted octanol–water partition coefficient (Wildman–Crippen LogP) is 1.76. The topological polar surface area (TPSA) is 55.3 Å². The molecule has 0 aliphatic heterocycles. The van der Waals surface area contributed by atoms with E-state index in [9.17, 15) is 4.79 Å². The molecule has 0 aliphatic carbocycles. The number of ether oxygens (including phenoxy) is 1. The lowest BCUT2D eigenvalue weighted by atomic mass is 10.2. The summed E-state index contributed by atoms with van der Waals surface area (Å²) in [6.07, 6.45) is 4.22. The van der Waals surface area contributed by atoms with Crippen molar-refractivity contribution < 1.29 is 9.53 Å². The highest BCUT2D eigenvalue weighted by atomic mass is 32.1. The Balaban J connectivity index is 1.98. The first-order chi connectivity index (χ1) is 9.79. The largest absolute Gasteiger partial charge is 0.375 e. The third-order valence-corrected chi connectivity index (χ3v) is 3.50. The molecule has 0 bridgehead atoms. The minimum Gasteiger partial charge on any atom is -0.375 e. The second-order valence-corrected chi connectivity index (χ2v) is 5.05. The highest BCUT2D eigenvalue weighted by molar-refractivity contribution is 7.07. The van der Waals surface area contributed by atoms with Crippen molar-refractivity contribution in [3.05, 3.63) is 46.7 Å². The average Bonchev–Trinajstić information content (AvgIpc) is 2.98. The number of pyridine rings is 1. The van der Waals surface area contributed by atoms with Gasteiger partial charge < -0.3 is 9.64 Å². The number of hydrogen-bond acceptors (Lipinski definition) is 5. The number of methoxy groups -OCH3 is 1. The molecule has 1 amide bonds. The fourth-order valence-electron chi connectivity index (χ4n) is 1.83. The van der Waals surface area contributed by atoms with Crippen molar-refractivity contribution >= 4 is 17.2 Å². The van der Waals surface area contributed by atoms with Crippen molar-refractivity contribution in [2.45, 2.75) is 13.0 Å². The van der Waals surface area contributed by atoms with E-state index in [0.717, 1.165) is 17.7 Å². The molecular weight excluding hydrogens is 274 g/mol. The van der Waals surface area contributed by atoms with Crippen LogP contribution < -0.4 is 0 Å². The molecule has 2 heterocycles. The summed E-state index contributed by atoms with van der Waals surface area (Å²) in [6, 6.07) is 3.83. The van der Waals surface area contributed by atoms with Crippen LogP contribution in [0.2, 0.25) is 0 Å². The molecule has 106 valence electrons. The van der Waals surface area contributed by atoms with Crippen molar-refractivity contribution in [2.75, 3.05) is 20.3 Å². The minimum atomic E-state index is -0.0143. The second-order valence-electron chi connectivity index (χ2n) is 4.33. The Morgan fingerprint density at radius 2 is 2.20 bits per heavy atom. The highest BCUT2D eigenvalue weighted by Gasteiger charge is 2.14. The molecule has 0 aromatic carbocycles. The number of hydrogen-bond donors (Lipinski definition) is 0. The molecule has 0 saturated heterocycles. The SMILES string of the molecule is COCC(=O)N(CCc1cscn1)Cc1ccncc1. The maximum absolute atomic E-state index is 12.1. The first-order valence-corrected chi connectivity index (χ1v) is 7.26. The normalized spacial score (nSPS) is 10.4. The molecule has 0 unspecified atom stereocenters. The van der Waals surface area contributed by atoms with Crippen LogP contribution in [0, 0.1) is 0 Å². The van der Waals surface area contributed by atoms with Gasteiger partial charge in [-0.2, -0.15) is 0 Å². The number of thiazole rings is 1. The zero-order valence-electron chi connectivity index (χ0n) is 11.4. The van der Waals surface area contributed by atoms with E-state index < -0.39 is 0 Å². The van der Waals surface area contributed by atoms with Gasteiger partial charge in [-0.05, 0) is 17.7 Å². The predicted molar refractivity (Wildman–Crippen MR) is 77.3 cm³/mol. The number of aromatic nitrogens is 2. The van der Waals surface area contributed by atoms with Gasteiger partial charge in [0.05, 0.1) is 11.2 Å². The summed E-state index contributed by atoms with van der Waals surface area (Å²) in [6.45, 7) is 1.30. The van der Waals surface area contributed by atoms with Gasteiger partial charge in [0.1, 0.15) is 6.61 Å². The molecule has 6 heteroatoms. The van der Waals surface area contributed by atoms with Crippen LogP contribution >= 0.6 is 11.3 Å². The minimum absolute atomic E-state index is 0.0143. The average molecular weight is 291 g/mol. The summed E-state index contributed by atoms with van der Waals surface area (Å²) in [7, 11) is 1.53. The molecule has 20 heavy (non-hydrogen) atoms. The molecule has 0 N–H and O–H groups in total. The highest BCUT2D eigenvalue weighted by Crippen LogP contribution is 2.07. The van der Waals surface area contributed by atoms with Gasteiger partial charge in [-0.1, -0.05) is 0 Å². The van der Waals surface area contributed by atoms with E-state index in [-0.39, 0.29) is 12.5 Å². The summed E-state index contributed by atoms with van der Waals surface area (Å²) in [5.74, 6) is -0.0143. The van der Waals surface area contributed by atoms with Crippen molar-refractivity contribution in [3.8, 4) is 0 Å². The fourth-order valence-corrected chi connectivity index (χ4v) is 2.42. The summed E-state index contributed by atoms with van der Waals surface area (Å²) < 4.78 is 4.94. The molecule has 2 aromatic rings. The fraction of sp³-hybridized carbons (Fsp3) is 0.357. The van der Waals surface area contributed by atoms with Crippen LogP contribution in [0.1, 0.15) is 11.3 Å². The third-order valence-electron chi connectivity index (χ3n) is 2.86. The van der Waals surface area contributed by atoms with Crippen LogP contribution in [0.25, 0.3) is 0 Å². The van der Waals surface area contributed by atoms with Crippen LogP contribution in [-0.4, -0.2) is 41.0 Å². The molecule has 0 saturated carbocycles. The lowest BCUT2D eigenvalue weighted by Crippen LogP contribution is -2.35. The molecule has 0 spiro atoms. The van der Waals surface area contributed by atoms with Gasteiger partial charge in [-0.15, -0.1) is 11.3 Å². The molecule has 0 atom stereocenters. The number of rotatable bonds is 7. The van der Waals surface area contributed by atoms with Crippen LogP contribution in [0.4, 0.5) is 0 Å². The second kappa shape index (κ2) is 7.72. The quantitative estimate of drug-likeness (QED) is 0.780. The maximum Gasteiger partial charge on any atom is 0.248 e. The van der Waals surface area contributed by atoms with E-state index in [1.54, 1.807) is 34.1 Å². The Kier molecular flexibility index (Phi) is 5.64. The maximum atomic E-state index is 12.1. The van der Waals surface area contributed by atoms with Crippen LogP contribution in [0.15, 0.2) is 35.4 Å². The number of carbonyl (C=O) groups is 1. The zero-order valence-corrected chi connectivity index (χ0v) is 12.2. The Bertz CT molecular complexity index is 516. The zero-order chi connectivity index (χ0) is 14.2. The number of carbonyl (C=O) groups excluding carboxylic acids is 1. The lowest BCUT2D eigenvalue weighted by Gasteiger charge is -2.22. The first-order valence-electron chi connectivity index (χ1n) is 6.32. The van der Waals surface area contributed by atoms with Crippen LogP contribution in [0.5, 0.6) is 0 Å². The summed E-state index contributed by atoms with van der Waals surface area (Å²) >= 11 is 1.57. The van der Waals surface area contributed by atoms with Crippen molar-refractivity contribution in [1.29, 1.82) is 0 Å². The van der Waals surface area contributed by atoms with Gasteiger partial charge in [0, 0.05) is 44.4 Å². The van der Waals surface area contributed by atoms with Crippen molar-refractivity contribution in [2.24, 2.45) is 0 Å². The van der Waals surface area contributed by atoms with Crippen molar-refractivity contribution in [1.82, 2.24) is 14.9 Å². The van der Waals surface area contributed by atoms with E-state index >= 15 is 0 Å². The smallest absolute Gasteiger partial charge is 0.248 e. The van der Waals surface area contributed by atoms with E-state index in [2.05, 4.69) is 9.97 Å². The van der Waals surface area contributed by atoms with E-state index in [0.29, 0.717) is 13.1 Å². The Morgan fingerprint density at radius 3 is 2.85 bits per heavy atom. The third kappa shape index (κ3) is 4.40. The standard InChI is InChI=1S/C14H17N3O2S/c1-19-9-14(18)17(7-4-13-10-20-11-16-13)8-12-2-5-15-6-3-12/h2-3,5-6,10-11H,4,7-9H2,1H3. The molecule has 0 radical (unpaired) electrons. The van der Waals surface area contributed by atoms with E-state index in [1.165, 1.54) is 7.11 Å². The molecule has 2 aromatic heterocycles. The first kappa shape index (κ1) is 14.6. The van der Waals surface area contributed by atoms with Crippen molar-refractivity contribution in [3.63, 3.8) is 0 Å².